The number of allylic oxidation sites excluding steroid dienone is 1. The van der Waals surface area contributed by atoms with E-state index in [0.29, 0.717) is 0 Å². The zero-order valence-electron chi connectivity index (χ0n) is 11.8. The Morgan fingerprint density at radius 2 is 1.78 bits per heavy atom. The van der Waals surface area contributed by atoms with Gasteiger partial charge in [0.1, 0.15) is 17.6 Å². The summed E-state index contributed by atoms with van der Waals surface area (Å²) in [7, 11) is 0. The third kappa shape index (κ3) is 2.69. The van der Waals surface area contributed by atoms with Crippen molar-refractivity contribution in [1.29, 1.82) is 0 Å². The molecule has 2 nitrogen and oxygen atoms in total. The third-order valence-electron chi connectivity index (χ3n) is 4.07. The van der Waals surface area contributed by atoms with E-state index in [2.05, 4.69) is 6.08 Å². The monoisotopic (exact) mass is 248 g/mol. The number of rotatable bonds is 2. The van der Waals surface area contributed by atoms with E-state index in [9.17, 15) is 5.11 Å². The number of aryl methyl sites for hydroxylation is 2. The quantitative estimate of drug-likeness (QED) is 0.781. The minimum atomic E-state index is -0.472. The molecule has 1 aromatic rings. The second-order valence-corrected chi connectivity index (χ2v) is 5.39. The van der Waals surface area contributed by atoms with Crippen LogP contribution in [-0.2, 0) is 0 Å². The van der Waals surface area contributed by atoms with Gasteiger partial charge in [-0.15, -0.1) is 0 Å². The molecular weight excluding hydrogens is 224 g/mol. The highest BCUT2D eigenvalue weighted by Crippen LogP contribution is 2.34. The molecule has 0 aliphatic heterocycles. The lowest BCUT2D eigenvalue weighted by Crippen LogP contribution is -2.05. The maximum atomic E-state index is 10.6. The maximum Gasteiger partial charge on any atom is 0.107 e. The molecule has 100 valence electrons. The maximum absolute atomic E-state index is 10.6. The van der Waals surface area contributed by atoms with E-state index in [1.54, 1.807) is 0 Å². The zero-order valence-corrected chi connectivity index (χ0v) is 11.8. The summed E-state index contributed by atoms with van der Waals surface area (Å²) in [5.41, 5.74) is 3.27. The van der Waals surface area contributed by atoms with E-state index >= 15 is 0 Å². The topological polar surface area (TPSA) is 33.4 Å². The Labute approximate surface area is 110 Å². The van der Waals surface area contributed by atoms with Gasteiger partial charge in [-0.25, -0.2) is 0 Å². The predicted molar refractivity (Wildman–Crippen MR) is 73.7 cm³/mol. The van der Waals surface area contributed by atoms with Crippen molar-refractivity contribution in [3.05, 3.63) is 34.3 Å². The van der Waals surface area contributed by atoms with Crippen molar-refractivity contribution < 1.29 is 9.52 Å². The number of aliphatic hydroxyl groups is 1. The number of hydrogen-bond acceptors (Lipinski definition) is 2. The Balaban J connectivity index is 2.26. The first-order chi connectivity index (χ1) is 8.61. The van der Waals surface area contributed by atoms with Crippen molar-refractivity contribution in [3.8, 4) is 0 Å². The fraction of sp³-hybridized carbons (Fsp3) is 0.625. The van der Waals surface area contributed by atoms with Crippen molar-refractivity contribution >= 4 is 0 Å². The molecule has 1 atom stereocenters. The lowest BCUT2D eigenvalue weighted by molar-refractivity contribution is 0.206. The lowest BCUT2D eigenvalue weighted by Gasteiger charge is -2.18. The summed E-state index contributed by atoms with van der Waals surface area (Å²) in [6, 6.07) is 0. The summed E-state index contributed by atoms with van der Waals surface area (Å²) < 4.78 is 5.63. The Kier molecular flexibility index (Phi) is 4.28. The lowest BCUT2D eigenvalue weighted by atomic mass is 9.91. The van der Waals surface area contributed by atoms with Crippen LogP contribution in [0.25, 0.3) is 0 Å². The van der Waals surface area contributed by atoms with Crippen LogP contribution in [-0.4, -0.2) is 5.11 Å². The van der Waals surface area contributed by atoms with Gasteiger partial charge < -0.3 is 9.52 Å². The Morgan fingerprint density at radius 1 is 1.06 bits per heavy atom. The standard InChI is InChI=1S/C16H24O2/c1-11-12(2)18-13(3)15(11)16(17)14-9-7-5-4-6-8-10-14/h9,16-17H,4-8,10H2,1-3H3. The van der Waals surface area contributed by atoms with Crippen molar-refractivity contribution in [2.75, 3.05) is 0 Å². The van der Waals surface area contributed by atoms with Gasteiger partial charge in [0.2, 0.25) is 0 Å². The van der Waals surface area contributed by atoms with Crippen LogP contribution >= 0.6 is 0 Å². The van der Waals surface area contributed by atoms with E-state index in [4.69, 9.17) is 4.42 Å². The fourth-order valence-electron chi connectivity index (χ4n) is 2.86. The molecule has 2 heteroatoms. The molecule has 0 fully saturated rings. The first-order valence-corrected chi connectivity index (χ1v) is 7.04. The largest absolute Gasteiger partial charge is 0.466 e. The van der Waals surface area contributed by atoms with Crippen molar-refractivity contribution in [2.45, 2.75) is 65.4 Å². The van der Waals surface area contributed by atoms with E-state index in [1.165, 1.54) is 31.3 Å². The van der Waals surface area contributed by atoms with Crippen molar-refractivity contribution in [3.63, 3.8) is 0 Å². The van der Waals surface area contributed by atoms with Gasteiger partial charge in [0, 0.05) is 5.56 Å². The average molecular weight is 248 g/mol. The summed E-state index contributed by atoms with van der Waals surface area (Å²) in [6.07, 6.45) is 8.93. The summed E-state index contributed by atoms with van der Waals surface area (Å²) in [5, 5.41) is 10.6. The third-order valence-corrected chi connectivity index (χ3v) is 4.07. The van der Waals surface area contributed by atoms with Crippen LogP contribution in [0.15, 0.2) is 16.1 Å². The van der Waals surface area contributed by atoms with Gasteiger partial charge in [-0.05, 0) is 57.6 Å². The second-order valence-electron chi connectivity index (χ2n) is 5.39. The minimum absolute atomic E-state index is 0.472. The molecule has 0 amide bonds. The molecule has 0 saturated carbocycles. The van der Waals surface area contributed by atoms with E-state index < -0.39 is 6.10 Å². The Morgan fingerprint density at radius 3 is 2.44 bits per heavy atom. The van der Waals surface area contributed by atoms with Gasteiger partial charge in [-0.1, -0.05) is 18.9 Å². The van der Waals surface area contributed by atoms with Gasteiger partial charge in [0.15, 0.2) is 0 Å². The average Bonchev–Trinajstić information content (AvgIpc) is 2.52. The molecule has 2 rings (SSSR count). The fourth-order valence-corrected chi connectivity index (χ4v) is 2.86. The molecule has 1 aliphatic carbocycles. The van der Waals surface area contributed by atoms with Crippen LogP contribution < -0.4 is 0 Å². The SMILES string of the molecule is Cc1oc(C)c(C(O)C2=CCCCCCC2)c1C. The zero-order chi connectivity index (χ0) is 13.1. The predicted octanol–water partition coefficient (Wildman–Crippen LogP) is 4.52. The molecule has 0 saturated heterocycles. The van der Waals surface area contributed by atoms with Crippen LogP contribution in [0, 0.1) is 20.8 Å². The smallest absolute Gasteiger partial charge is 0.107 e. The molecule has 1 unspecified atom stereocenters. The summed E-state index contributed by atoms with van der Waals surface area (Å²) in [4.78, 5) is 0. The molecule has 0 aromatic carbocycles. The van der Waals surface area contributed by atoms with Crippen LogP contribution in [0.5, 0.6) is 0 Å². The van der Waals surface area contributed by atoms with E-state index in [1.807, 2.05) is 20.8 Å². The van der Waals surface area contributed by atoms with Gasteiger partial charge in [-0.2, -0.15) is 0 Å². The minimum Gasteiger partial charge on any atom is -0.466 e. The van der Waals surface area contributed by atoms with Crippen LogP contribution in [0.1, 0.15) is 67.3 Å². The van der Waals surface area contributed by atoms with Crippen LogP contribution in [0.3, 0.4) is 0 Å². The van der Waals surface area contributed by atoms with Crippen molar-refractivity contribution in [2.24, 2.45) is 0 Å². The first kappa shape index (κ1) is 13.4. The van der Waals surface area contributed by atoms with Gasteiger partial charge >= 0.3 is 0 Å². The molecule has 18 heavy (non-hydrogen) atoms. The van der Waals surface area contributed by atoms with Crippen LogP contribution in [0.2, 0.25) is 0 Å². The highest BCUT2D eigenvalue weighted by atomic mass is 16.3. The molecule has 1 N–H and O–H groups in total. The molecule has 0 spiro atoms. The second kappa shape index (κ2) is 5.75. The molecule has 1 heterocycles. The molecule has 0 bridgehead atoms. The van der Waals surface area contributed by atoms with Gasteiger partial charge in [0.05, 0.1) is 0 Å². The summed E-state index contributed by atoms with van der Waals surface area (Å²) in [6.45, 7) is 5.95. The highest BCUT2D eigenvalue weighted by molar-refractivity contribution is 5.37. The highest BCUT2D eigenvalue weighted by Gasteiger charge is 2.22. The molecule has 1 aliphatic rings. The molecule has 0 radical (unpaired) electrons. The van der Waals surface area contributed by atoms with E-state index in [0.717, 1.165) is 35.5 Å². The number of hydrogen-bond donors (Lipinski definition) is 1. The Bertz CT molecular complexity index is 440. The van der Waals surface area contributed by atoms with Gasteiger partial charge in [0.25, 0.3) is 0 Å². The van der Waals surface area contributed by atoms with Crippen LogP contribution in [0.4, 0.5) is 0 Å². The first-order valence-electron chi connectivity index (χ1n) is 7.04. The molecular formula is C16H24O2. The Hall–Kier alpha value is -1.02. The van der Waals surface area contributed by atoms with Crippen molar-refractivity contribution in [1.82, 2.24) is 0 Å². The summed E-state index contributed by atoms with van der Waals surface area (Å²) >= 11 is 0. The number of furan rings is 1. The van der Waals surface area contributed by atoms with E-state index in [-0.39, 0.29) is 0 Å². The normalized spacial score (nSPS) is 19.0. The summed E-state index contributed by atoms with van der Waals surface area (Å²) in [5.74, 6) is 1.79. The van der Waals surface area contributed by atoms with Gasteiger partial charge in [-0.3, -0.25) is 0 Å². The number of aliphatic hydroxyl groups excluding tert-OH is 1. The molecule has 1 aromatic heterocycles.